The Labute approximate surface area is 172 Å². The standard InChI is InChI=1S/C22H22FN5O2/c23-16-5-3-4-14(10-16)19-21(29)24-8-9-27(19)22(30)15-11-18-20(25-12-15)28(13-26-18)17-6-1-2-7-17/h3-5,10-13,17,19H,1-2,6-9H2,(H,24,29). The number of amides is 2. The van der Waals surface area contributed by atoms with Gasteiger partial charge in [0.15, 0.2) is 5.65 Å². The van der Waals surface area contributed by atoms with E-state index < -0.39 is 11.9 Å². The maximum atomic E-state index is 13.7. The molecule has 1 atom stereocenters. The van der Waals surface area contributed by atoms with Crippen molar-refractivity contribution < 1.29 is 14.0 Å². The Morgan fingerprint density at radius 2 is 2.00 bits per heavy atom. The molecule has 2 aliphatic rings. The highest BCUT2D eigenvalue weighted by molar-refractivity contribution is 6.00. The van der Waals surface area contributed by atoms with Gasteiger partial charge in [0, 0.05) is 25.3 Å². The summed E-state index contributed by atoms with van der Waals surface area (Å²) in [6.45, 7) is 0.683. The van der Waals surface area contributed by atoms with Crippen molar-refractivity contribution >= 4 is 23.0 Å². The van der Waals surface area contributed by atoms with Crippen LogP contribution in [0, 0.1) is 5.82 Å². The molecule has 1 aliphatic heterocycles. The van der Waals surface area contributed by atoms with Gasteiger partial charge in [0.25, 0.3) is 5.91 Å². The maximum Gasteiger partial charge on any atom is 0.256 e. The Morgan fingerprint density at radius 1 is 1.17 bits per heavy atom. The van der Waals surface area contributed by atoms with Gasteiger partial charge in [-0.25, -0.2) is 14.4 Å². The predicted octanol–water partition coefficient (Wildman–Crippen LogP) is 3.00. The van der Waals surface area contributed by atoms with Gasteiger partial charge in [0.1, 0.15) is 17.4 Å². The zero-order valence-corrected chi connectivity index (χ0v) is 16.4. The Balaban J connectivity index is 1.47. The van der Waals surface area contributed by atoms with Gasteiger partial charge in [-0.3, -0.25) is 9.59 Å². The summed E-state index contributed by atoms with van der Waals surface area (Å²) in [7, 11) is 0. The number of aromatic nitrogens is 3. The molecule has 1 unspecified atom stereocenters. The average Bonchev–Trinajstić information content (AvgIpc) is 3.42. The third kappa shape index (κ3) is 3.22. The summed E-state index contributed by atoms with van der Waals surface area (Å²) < 4.78 is 15.8. The van der Waals surface area contributed by atoms with Crippen LogP contribution in [-0.2, 0) is 4.79 Å². The van der Waals surface area contributed by atoms with Gasteiger partial charge < -0.3 is 14.8 Å². The first-order valence-electron chi connectivity index (χ1n) is 10.3. The molecule has 30 heavy (non-hydrogen) atoms. The van der Waals surface area contributed by atoms with Gasteiger partial charge in [-0.2, -0.15) is 0 Å². The number of nitrogens with zero attached hydrogens (tertiary/aromatic N) is 4. The van der Waals surface area contributed by atoms with Crippen molar-refractivity contribution in [2.24, 2.45) is 0 Å². The Bertz CT molecular complexity index is 1120. The normalized spacial score (nSPS) is 20.0. The van der Waals surface area contributed by atoms with E-state index >= 15 is 0 Å². The molecule has 1 saturated heterocycles. The molecular weight excluding hydrogens is 385 g/mol. The summed E-state index contributed by atoms with van der Waals surface area (Å²) >= 11 is 0. The van der Waals surface area contributed by atoms with Crippen LogP contribution in [0.1, 0.15) is 53.7 Å². The molecule has 1 aromatic carbocycles. The molecule has 3 aromatic rings. The van der Waals surface area contributed by atoms with Crippen LogP contribution in [-0.4, -0.2) is 44.3 Å². The summed E-state index contributed by atoms with van der Waals surface area (Å²) in [6.07, 6.45) is 8.00. The molecule has 3 heterocycles. The number of pyridine rings is 1. The van der Waals surface area contributed by atoms with Crippen molar-refractivity contribution in [2.75, 3.05) is 13.1 Å². The second-order valence-corrected chi connectivity index (χ2v) is 7.90. The Kier molecular flexibility index (Phi) is 4.69. The molecular formula is C22H22FN5O2. The summed E-state index contributed by atoms with van der Waals surface area (Å²) in [5.41, 5.74) is 2.25. The molecule has 8 heteroatoms. The van der Waals surface area contributed by atoms with E-state index in [0.717, 1.165) is 18.5 Å². The Morgan fingerprint density at radius 3 is 2.80 bits per heavy atom. The number of carbonyl (C=O) groups is 2. The number of hydrogen-bond donors (Lipinski definition) is 1. The molecule has 5 rings (SSSR count). The number of carbonyl (C=O) groups excluding carboxylic acids is 2. The SMILES string of the molecule is O=C1NCCN(C(=O)c2cnc3c(c2)ncn3C2CCCC2)C1c1cccc(F)c1. The molecule has 2 fully saturated rings. The molecule has 1 N–H and O–H groups in total. The zero-order valence-electron chi connectivity index (χ0n) is 16.4. The average molecular weight is 407 g/mol. The molecule has 154 valence electrons. The molecule has 0 radical (unpaired) electrons. The molecule has 0 bridgehead atoms. The summed E-state index contributed by atoms with van der Waals surface area (Å²) in [5, 5.41) is 2.76. The minimum atomic E-state index is -0.881. The second-order valence-electron chi connectivity index (χ2n) is 7.90. The number of nitrogens with one attached hydrogen (secondary N) is 1. The number of rotatable bonds is 3. The third-order valence-electron chi connectivity index (χ3n) is 6.02. The second kappa shape index (κ2) is 7.51. The van der Waals surface area contributed by atoms with Gasteiger partial charge in [-0.1, -0.05) is 25.0 Å². The number of imidazole rings is 1. The van der Waals surface area contributed by atoms with Crippen molar-refractivity contribution in [1.29, 1.82) is 0 Å². The van der Waals surface area contributed by atoms with Crippen molar-refractivity contribution in [3.8, 4) is 0 Å². The van der Waals surface area contributed by atoms with E-state index in [1.165, 1.54) is 29.9 Å². The van der Waals surface area contributed by atoms with Crippen molar-refractivity contribution in [3.63, 3.8) is 0 Å². The van der Waals surface area contributed by atoms with Gasteiger partial charge in [-0.15, -0.1) is 0 Å². The molecule has 1 aliphatic carbocycles. The molecule has 0 spiro atoms. The van der Waals surface area contributed by atoms with E-state index in [0.29, 0.717) is 35.8 Å². The van der Waals surface area contributed by atoms with Crippen LogP contribution >= 0.6 is 0 Å². The first kappa shape index (κ1) is 18.7. The van der Waals surface area contributed by atoms with Crippen molar-refractivity contribution in [3.05, 3.63) is 59.8 Å². The highest BCUT2D eigenvalue weighted by Crippen LogP contribution is 2.32. The lowest BCUT2D eigenvalue weighted by Crippen LogP contribution is -2.52. The highest BCUT2D eigenvalue weighted by Gasteiger charge is 2.35. The molecule has 2 aromatic heterocycles. The largest absolute Gasteiger partial charge is 0.352 e. The Hall–Kier alpha value is -3.29. The van der Waals surface area contributed by atoms with Crippen molar-refractivity contribution in [1.82, 2.24) is 24.8 Å². The predicted molar refractivity (Wildman–Crippen MR) is 108 cm³/mol. The summed E-state index contributed by atoms with van der Waals surface area (Å²) in [6, 6.07) is 7.06. The van der Waals surface area contributed by atoms with Crippen LogP contribution in [0.4, 0.5) is 4.39 Å². The fraction of sp³-hybridized carbons (Fsp3) is 0.364. The maximum absolute atomic E-state index is 13.7. The van der Waals surface area contributed by atoms with E-state index in [9.17, 15) is 14.0 Å². The number of hydrogen-bond acceptors (Lipinski definition) is 4. The van der Waals surface area contributed by atoms with Crippen LogP contribution in [0.15, 0.2) is 42.9 Å². The smallest absolute Gasteiger partial charge is 0.256 e. The van der Waals surface area contributed by atoms with Crippen LogP contribution in [0.25, 0.3) is 11.2 Å². The lowest BCUT2D eigenvalue weighted by molar-refractivity contribution is -0.128. The quantitative estimate of drug-likeness (QED) is 0.724. The number of halogens is 1. The molecule has 7 nitrogen and oxygen atoms in total. The first-order chi connectivity index (χ1) is 14.6. The van der Waals surface area contributed by atoms with Gasteiger partial charge in [0.2, 0.25) is 5.91 Å². The first-order valence-corrected chi connectivity index (χ1v) is 10.3. The highest BCUT2D eigenvalue weighted by atomic mass is 19.1. The van der Waals surface area contributed by atoms with Crippen LogP contribution in [0.5, 0.6) is 0 Å². The fourth-order valence-electron chi connectivity index (χ4n) is 4.55. The van der Waals surface area contributed by atoms with Crippen molar-refractivity contribution in [2.45, 2.75) is 37.8 Å². The van der Waals surface area contributed by atoms with E-state index in [4.69, 9.17) is 0 Å². The van der Waals surface area contributed by atoms with Crippen LogP contribution < -0.4 is 5.32 Å². The fourth-order valence-corrected chi connectivity index (χ4v) is 4.55. The van der Waals surface area contributed by atoms with Gasteiger partial charge in [0.05, 0.1) is 11.9 Å². The van der Waals surface area contributed by atoms with Crippen LogP contribution in [0.3, 0.4) is 0 Å². The van der Waals surface area contributed by atoms with E-state index in [2.05, 4.69) is 19.9 Å². The van der Waals surface area contributed by atoms with E-state index in [1.807, 2.05) is 0 Å². The van der Waals surface area contributed by atoms with E-state index in [1.54, 1.807) is 30.7 Å². The molecule has 1 saturated carbocycles. The summed E-state index contributed by atoms with van der Waals surface area (Å²) in [5.74, 6) is -1.08. The zero-order chi connectivity index (χ0) is 20.7. The third-order valence-corrected chi connectivity index (χ3v) is 6.02. The van der Waals surface area contributed by atoms with Gasteiger partial charge >= 0.3 is 0 Å². The monoisotopic (exact) mass is 407 g/mol. The topological polar surface area (TPSA) is 80.1 Å². The minimum absolute atomic E-state index is 0.316. The number of benzene rings is 1. The van der Waals surface area contributed by atoms with Gasteiger partial charge in [-0.05, 0) is 36.6 Å². The minimum Gasteiger partial charge on any atom is -0.352 e. The van der Waals surface area contributed by atoms with Crippen LogP contribution in [0.2, 0.25) is 0 Å². The number of piperazine rings is 1. The summed E-state index contributed by atoms with van der Waals surface area (Å²) in [4.78, 5) is 36.3. The molecule has 2 amide bonds. The number of fused-ring (bicyclic) bond motifs is 1. The van der Waals surface area contributed by atoms with E-state index in [-0.39, 0.29) is 11.8 Å². The lowest BCUT2D eigenvalue weighted by Gasteiger charge is -2.35. The lowest BCUT2D eigenvalue weighted by atomic mass is 10.0.